The van der Waals surface area contributed by atoms with Crippen LogP contribution in [0.25, 0.3) is 0 Å². The lowest BCUT2D eigenvalue weighted by atomic mass is 10.3. The molecule has 10 heteroatoms. The number of nitrogens with zero attached hydrogens (tertiary/aromatic N) is 2. The zero-order valence-corrected chi connectivity index (χ0v) is 12.2. The van der Waals surface area contributed by atoms with E-state index in [1.165, 1.54) is 11.3 Å². The molecule has 4 N–H and O–H groups in total. The Morgan fingerprint density at radius 1 is 1.30 bits per heavy atom. The van der Waals surface area contributed by atoms with Crippen molar-refractivity contribution < 1.29 is 13.2 Å². The number of alkyl halides is 3. The molecule has 0 amide bonds. The largest absolute Gasteiger partial charge is 0.433 e. The molecular weight excluding hydrogens is 359 g/mol. The first kappa shape index (κ1) is 15.0. The minimum absolute atomic E-state index is 0.0461. The smallest absolute Gasteiger partial charge is 0.365 e. The number of nitrogen functional groups attached to an aromatic ring is 1. The van der Waals surface area contributed by atoms with Gasteiger partial charge in [0, 0.05) is 20.8 Å². The lowest BCUT2D eigenvalue weighted by Gasteiger charge is -2.10. The molecule has 0 aromatic carbocycles. The predicted octanol–water partition coefficient (Wildman–Crippen LogP) is 3.22. The van der Waals surface area contributed by atoms with E-state index in [9.17, 15) is 13.2 Å². The first-order valence-corrected chi connectivity index (χ1v) is 6.95. The molecule has 20 heavy (non-hydrogen) atoms. The van der Waals surface area contributed by atoms with Crippen LogP contribution in [0.15, 0.2) is 22.0 Å². The lowest BCUT2D eigenvalue weighted by molar-refractivity contribution is -0.141. The molecule has 0 radical (unpaired) electrons. The lowest BCUT2D eigenvalue weighted by Crippen LogP contribution is -2.16. The number of hydrazine groups is 1. The van der Waals surface area contributed by atoms with Gasteiger partial charge in [-0.25, -0.2) is 10.8 Å². The number of anilines is 2. The molecule has 0 saturated heterocycles. The van der Waals surface area contributed by atoms with E-state index in [4.69, 9.17) is 5.84 Å². The molecule has 2 aromatic rings. The Hall–Kier alpha value is -1.39. The minimum Gasteiger partial charge on any atom is -0.365 e. The molecule has 5 nitrogen and oxygen atoms in total. The topological polar surface area (TPSA) is 75.9 Å². The van der Waals surface area contributed by atoms with Gasteiger partial charge in [-0.1, -0.05) is 0 Å². The fourth-order valence-electron chi connectivity index (χ4n) is 1.37. The van der Waals surface area contributed by atoms with Crippen LogP contribution >= 0.6 is 27.3 Å². The van der Waals surface area contributed by atoms with Crippen molar-refractivity contribution in [2.45, 2.75) is 12.7 Å². The number of aromatic nitrogens is 2. The van der Waals surface area contributed by atoms with E-state index >= 15 is 0 Å². The molecule has 0 saturated carbocycles. The highest BCUT2D eigenvalue weighted by Gasteiger charge is 2.33. The van der Waals surface area contributed by atoms with Crippen molar-refractivity contribution in [3.8, 4) is 0 Å². The molecule has 0 bridgehead atoms. The Bertz CT molecular complexity index is 601. The zero-order chi connectivity index (χ0) is 14.8. The van der Waals surface area contributed by atoms with Crippen LogP contribution in [-0.4, -0.2) is 9.97 Å². The van der Waals surface area contributed by atoms with Gasteiger partial charge >= 0.3 is 6.18 Å². The summed E-state index contributed by atoms with van der Waals surface area (Å²) in [6, 6.07) is 2.70. The van der Waals surface area contributed by atoms with Crippen molar-refractivity contribution in [3.05, 3.63) is 32.6 Å². The van der Waals surface area contributed by atoms with Gasteiger partial charge in [0.2, 0.25) is 5.95 Å². The highest BCUT2D eigenvalue weighted by atomic mass is 79.9. The maximum atomic E-state index is 12.7. The Morgan fingerprint density at radius 2 is 2.05 bits per heavy atom. The summed E-state index contributed by atoms with van der Waals surface area (Å²) in [5, 5.41) is 4.68. The second-order valence-electron chi connectivity index (χ2n) is 3.69. The van der Waals surface area contributed by atoms with E-state index in [1.54, 1.807) is 0 Å². The molecule has 2 rings (SSSR count). The van der Waals surface area contributed by atoms with E-state index in [0.29, 0.717) is 6.54 Å². The molecule has 2 heterocycles. The number of nitrogens with two attached hydrogens (primary N) is 1. The third-order valence-electron chi connectivity index (χ3n) is 2.21. The van der Waals surface area contributed by atoms with Crippen LogP contribution in [0.3, 0.4) is 0 Å². The van der Waals surface area contributed by atoms with Crippen LogP contribution in [0.4, 0.5) is 24.9 Å². The van der Waals surface area contributed by atoms with E-state index in [-0.39, 0.29) is 11.8 Å². The third kappa shape index (κ3) is 3.81. The highest BCUT2D eigenvalue weighted by molar-refractivity contribution is 9.10. The van der Waals surface area contributed by atoms with Crippen LogP contribution < -0.4 is 16.6 Å². The summed E-state index contributed by atoms with van der Waals surface area (Å²) in [4.78, 5) is 8.04. The monoisotopic (exact) mass is 367 g/mol. The zero-order valence-electron chi connectivity index (χ0n) is 9.83. The molecule has 0 fully saturated rings. The van der Waals surface area contributed by atoms with Gasteiger partial charge in [-0.2, -0.15) is 18.2 Å². The maximum absolute atomic E-state index is 12.7. The van der Waals surface area contributed by atoms with Crippen LogP contribution in [-0.2, 0) is 12.7 Å². The summed E-state index contributed by atoms with van der Waals surface area (Å²) < 4.78 is 38.9. The molecule has 0 aliphatic carbocycles. The number of hydrogen-bond donors (Lipinski definition) is 3. The predicted molar refractivity (Wildman–Crippen MR) is 74.2 cm³/mol. The summed E-state index contributed by atoms with van der Waals surface area (Å²) in [5.74, 6) is 4.82. The van der Waals surface area contributed by atoms with Gasteiger partial charge in [-0.3, -0.25) is 5.43 Å². The standard InChI is InChI=1S/C10H9BrF3N5S/c11-5-1-6(20-4-5)3-16-8-2-7(10(12,13)14)17-9(18-8)19-15/h1-2,4H,3,15H2,(H2,16,17,18,19). The number of halogens is 4. The number of thiophene rings is 1. The van der Waals surface area contributed by atoms with Crippen LogP contribution in [0.1, 0.15) is 10.6 Å². The molecule has 108 valence electrons. The Morgan fingerprint density at radius 3 is 2.60 bits per heavy atom. The number of nitrogens with one attached hydrogen (secondary N) is 2. The molecule has 0 spiro atoms. The maximum Gasteiger partial charge on any atom is 0.433 e. The Labute approximate surface area is 124 Å². The third-order valence-corrected chi connectivity index (χ3v) is 3.91. The Kier molecular flexibility index (Phi) is 4.45. The van der Waals surface area contributed by atoms with Gasteiger partial charge in [-0.15, -0.1) is 11.3 Å². The van der Waals surface area contributed by atoms with Crippen molar-refractivity contribution in [1.29, 1.82) is 0 Å². The fraction of sp³-hybridized carbons (Fsp3) is 0.200. The minimum atomic E-state index is -4.56. The van der Waals surface area contributed by atoms with Crippen LogP contribution in [0.2, 0.25) is 0 Å². The van der Waals surface area contributed by atoms with Gasteiger partial charge in [0.1, 0.15) is 5.82 Å². The van der Waals surface area contributed by atoms with Gasteiger partial charge in [-0.05, 0) is 22.0 Å². The van der Waals surface area contributed by atoms with E-state index < -0.39 is 11.9 Å². The van der Waals surface area contributed by atoms with E-state index in [0.717, 1.165) is 15.4 Å². The van der Waals surface area contributed by atoms with Crippen LogP contribution in [0, 0.1) is 0 Å². The van der Waals surface area contributed by atoms with Crippen molar-refractivity contribution in [2.24, 2.45) is 5.84 Å². The molecule has 0 aliphatic heterocycles. The molecule has 0 aliphatic rings. The molecule has 0 atom stereocenters. The first-order chi connectivity index (χ1) is 9.38. The van der Waals surface area contributed by atoms with E-state index in [2.05, 4.69) is 31.2 Å². The fourth-order valence-corrected chi connectivity index (χ4v) is 2.76. The summed E-state index contributed by atoms with van der Waals surface area (Å²) in [5.41, 5.74) is 0.955. The molecule has 2 aromatic heterocycles. The van der Waals surface area contributed by atoms with Crippen molar-refractivity contribution >= 4 is 39.0 Å². The number of rotatable bonds is 4. The van der Waals surface area contributed by atoms with Gasteiger partial charge in [0.05, 0.1) is 6.54 Å². The number of hydrogen-bond acceptors (Lipinski definition) is 6. The summed E-state index contributed by atoms with van der Waals surface area (Å²) in [6.07, 6.45) is -4.56. The normalized spacial score (nSPS) is 11.4. The first-order valence-electron chi connectivity index (χ1n) is 5.28. The van der Waals surface area contributed by atoms with Crippen molar-refractivity contribution in [2.75, 3.05) is 10.7 Å². The Balaban J connectivity index is 2.18. The van der Waals surface area contributed by atoms with Crippen molar-refractivity contribution in [3.63, 3.8) is 0 Å². The van der Waals surface area contributed by atoms with Gasteiger partial charge in [0.25, 0.3) is 0 Å². The highest BCUT2D eigenvalue weighted by Crippen LogP contribution is 2.29. The summed E-state index contributed by atoms with van der Waals surface area (Å²) in [7, 11) is 0. The van der Waals surface area contributed by atoms with Crippen LogP contribution in [0.5, 0.6) is 0 Å². The SMILES string of the molecule is NNc1nc(NCc2cc(Br)cs2)cc(C(F)(F)F)n1. The summed E-state index contributed by atoms with van der Waals surface area (Å²) >= 11 is 4.77. The molecule has 0 unspecified atom stereocenters. The average Bonchev–Trinajstić information content (AvgIpc) is 2.81. The second-order valence-corrected chi connectivity index (χ2v) is 5.60. The van der Waals surface area contributed by atoms with Gasteiger partial charge < -0.3 is 5.32 Å². The summed E-state index contributed by atoms with van der Waals surface area (Å²) in [6.45, 7) is 0.356. The quantitative estimate of drug-likeness (QED) is 0.571. The van der Waals surface area contributed by atoms with E-state index in [1.807, 2.05) is 16.9 Å². The van der Waals surface area contributed by atoms with Crippen molar-refractivity contribution in [1.82, 2.24) is 9.97 Å². The average molecular weight is 368 g/mol. The van der Waals surface area contributed by atoms with Gasteiger partial charge in [0.15, 0.2) is 5.69 Å². The molecular formula is C10H9BrF3N5S. The second kappa shape index (κ2) is 5.94.